The van der Waals surface area contributed by atoms with Gasteiger partial charge in [0.15, 0.2) is 27.7 Å². The van der Waals surface area contributed by atoms with E-state index in [2.05, 4.69) is 36.3 Å². The van der Waals surface area contributed by atoms with Crippen LogP contribution in [0.1, 0.15) is 104 Å². The van der Waals surface area contributed by atoms with Gasteiger partial charge in [-0.05, 0) is 85.2 Å². The van der Waals surface area contributed by atoms with Gasteiger partial charge in [0.25, 0.3) is 11.1 Å². The fraction of sp³-hybridized carbons (Fsp3) is 0.422. The van der Waals surface area contributed by atoms with E-state index in [1.165, 1.54) is 42.6 Å². The highest BCUT2D eigenvalue weighted by Crippen LogP contribution is 2.40. The van der Waals surface area contributed by atoms with E-state index in [-0.39, 0.29) is 98.5 Å². The minimum atomic E-state index is -0.590. The Hall–Kier alpha value is -4.96. The maximum absolute atomic E-state index is 12.2. The van der Waals surface area contributed by atoms with Crippen molar-refractivity contribution in [3.05, 3.63) is 93.9 Å². The lowest BCUT2D eigenvalue weighted by molar-refractivity contribution is -0.135. The van der Waals surface area contributed by atoms with Crippen molar-refractivity contribution >= 4 is 109 Å². The predicted molar refractivity (Wildman–Crippen MR) is 270 cm³/mol. The Balaban J connectivity index is 0.000000248. The Morgan fingerprint density at radius 1 is 0.623 bits per heavy atom. The van der Waals surface area contributed by atoms with Crippen molar-refractivity contribution < 1.29 is 38.0 Å². The zero-order chi connectivity index (χ0) is 50.9. The van der Waals surface area contributed by atoms with Gasteiger partial charge in [-0.3, -0.25) is 28.8 Å². The second-order valence-corrected chi connectivity index (χ2v) is 19.7. The van der Waals surface area contributed by atoms with E-state index in [1.807, 2.05) is 55.4 Å². The van der Waals surface area contributed by atoms with Gasteiger partial charge in [-0.1, -0.05) is 81.5 Å². The molecule has 0 aliphatic carbocycles. The number of hydrazone groups is 2. The third kappa shape index (κ3) is 13.1. The summed E-state index contributed by atoms with van der Waals surface area (Å²) in [6, 6.07) is 9.53. The third-order valence-electron chi connectivity index (χ3n) is 10.9. The molecule has 7 rings (SSSR count). The van der Waals surface area contributed by atoms with Crippen LogP contribution in [0, 0.1) is 0 Å². The number of rotatable bonds is 8. The van der Waals surface area contributed by atoms with E-state index in [1.54, 1.807) is 31.3 Å². The van der Waals surface area contributed by atoms with E-state index in [4.69, 9.17) is 65.2 Å². The lowest BCUT2D eigenvalue weighted by Crippen LogP contribution is -2.41. The highest BCUT2D eigenvalue weighted by Gasteiger charge is 2.52. The highest BCUT2D eigenvalue weighted by atomic mass is 79.9. The molecule has 0 N–H and O–H groups in total. The Bertz CT molecular complexity index is 2830. The van der Waals surface area contributed by atoms with Gasteiger partial charge >= 0.3 is 7.12 Å². The molecule has 4 aromatic rings. The van der Waals surface area contributed by atoms with Crippen LogP contribution in [-0.4, -0.2) is 95.7 Å². The van der Waals surface area contributed by atoms with Crippen LogP contribution in [0.5, 0.6) is 23.3 Å². The third-order valence-corrected chi connectivity index (χ3v) is 12.7. The summed E-state index contributed by atoms with van der Waals surface area (Å²) in [7, 11) is 5.49. The molecule has 18 nitrogen and oxygen atoms in total. The molecule has 0 bridgehead atoms. The maximum atomic E-state index is 12.2. The first-order valence-corrected chi connectivity index (χ1v) is 23.1. The summed E-state index contributed by atoms with van der Waals surface area (Å²) in [6.45, 7) is 15.5. The zero-order valence-electron chi connectivity index (χ0n) is 39.2. The van der Waals surface area contributed by atoms with Crippen LogP contribution >= 0.6 is 62.3 Å². The number of hydrogen-bond donors (Lipinski definition) is 0. The van der Waals surface area contributed by atoms with Gasteiger partial charge in [0.2, 0.25) is 23.6 Å². The lowest BCUT2D eigenvalue weighted by Gasteiger charge is -2.32. The molecule has 0 unspecified atom stereocenters. The van der Waals surface area contributed by atoms with Crippen molar-refractivity contribution in [3.63, 3.8) is 0 Å². The fourth-order valence-corrected chi connectivity index (χ4v) is 7.84. The minimum absolute atomic E-state index is 0. The van der Waals surface area contributed by atoms with Gasteiger partial charge in [0.05, 0.1) is 44.1 Å². The fourth-order valence-electron chi connectivity index (χ4n) is 6.31. The van der Waals surface area contributed by atoms with Crippen molar-refractivity contribution in [2.45, 2.75) is 98.7 Å². The molecule has 3 aliphatic rings. The summed E-state index contributed by atoms with van der Waals surface area (Å²) in [6.07, 6.45) is -0.358. The summed E-state index contributed by atoms with van der Waals surface area (Å²) in [4.78, 5) is 69.6. The molecule has 2 aromatic heterocycles. The van der Waals surface area contributed by atoms with Crippen LogP contribution in [0.25, 0.3) is 0 Å². The summed E-state index contributed by atoms with van der Waals surface area (Å²) >= 11 is 28.5. The molecule has 1 fully saturated rings. The van der Waals surface area contributed by atoms with Crippen molar-refractivity contribution in [2.75, 3.05) is 14.1 Å². The maximum Gasteiger partial charge on any atom is 0.494 e. The van der Waals surface area contributed by atoms with Gasteiger partial charge in [0, 0.05) is 57.0 Å². The average Bonchev–Trinajstić information content (AvgIpc) is 3.46. The van der Waals surface area contributed by atoms with Crippen LogP contribution < -0.4 is 26.1 Å². The lowest BCUT2D eigenvalue weighted by atomic mass is 9.79. The number of aromatic nitrogens is 4. The second-order valence-electron chi connectivity index (χ2n) is 17.3. The number of aryl methyl sites for hydroxylation is 2. The van der Waals surface area contributed by atoms with Gasteiger partial charge < -0.3 is 18.8 Å². The summed E-state index contributed by atoms with van der Waals surface area (Å²) < 4.78 is 26.4. The van der Waals surface area contributed by atoms with Crippen LogP contribution in [-0.2, 0) is 42.6 Å². The number of carbonyl (C=O) groups excluding carboxylic acids is 4. The molecule has 24 heteroatoms. The first kappa shape index (κ1) is 56.6. The van der Waals surface area contributed by atoms with E-state index in [9.17, 15) is 28.8 Å². The number of ketones is 2. The molecule has 1 saturated heterocycles. The Morgan fingerprint density at radius 3 is 1.39 bits per heavy atom. The van der Waals surface area contributed by atoms with Crippen molar-refractivity contribution in [2.24, 2.45) is 24.3 Å². The first-order chi connectivity index (χ1) is 31.5. The molecule has 370 valence electrons. The number of ether oxygens (including phenoxy) is 2. The molecule has 2 amide bonds. The number of Topliss-reactive ketones (excluding diaryl/α,β-unsaturated/α-hetero) is 2. The minimum Gasteiger partial charge on any atom is -0.434 e. The molecular weight excluding hydrogens is 1050 g/mol. The molecular formula is C45H52BBrCl4N8O10. The SMILES string of the molecule is C.CC(C)c1cc(Oc2c(Cl)cc(B3OC(C)(C)C(C)(C)O3)cc2Cl)nn(C)c1=O.CC(C)c1cc(Oc2c(Cl)cc(C3=NN(C)C(=O)CC3=O)cc2Cl)nn(C)c1=O.CN1N=C(Br)C(=O)CC1=O. The van der Waals surface area contributed by atoms with Crippen molar-refractivity contribution in [3.8, 4) is 23.3 Å². The van der Waals surface area contributed by atoms with E-state index < -0.39 is 30.0 Å². The number of hydrogen-bond acceptors (Lipinski definition) is 14. The summed E-state index contributed by atoms with van der Waals surface area (Å²) in [5.74, 6) is -0.560. The number of nitrogens with zero attached hydrogens (tertiary/aromatic N) is 8. The smallest absolute Gasteiger partial charge is 0.434 e. The number of amides is 2. The largest absolute Gasteiger partial charge is 0.494 e. The zero-order valence-corrected chi connectivity index (χ0v) is 43.8. The Labute approximate surface area is 428 Å². The highest BCUT2D eigenvalue weighted by molar-refractivity contribution is 9.19. The van der Waals surface area contributed by atoms with Gasteiger partial charge in [0.1, 0.15) is 5.71 Å². The number of benzene rings is 2. The first-order valence-electron chi connectivity index (χ1n) is 20.8. The second kappa shape index (κ2) is 22.4. The molecule has 5 heterocycles. The molecule has 3 aliphatic heterocycles. The van der Waals surface area contributed by atoms with Crippen LogP contribution in [0.4, 0.5) is 0 Å². The van der Waals surface area contributed by atoms with Gasteiger partial charge in [-0.15, -0.1) is 10.2 Å². The quantitative estimate of drug-likeness (QED) is 0.121. The topological polar surface area (TPSA) is 206 Å². The molecule has 0 saturated carbocycles. The van der Waals surface area contributed by atoms with Crippen molar-refractivity contribution in [1.82, 2.24) is 29.6 Å². The summed E-state index contributed by atoms with van der Waals surface area (Å²) in [5.41, 5.74) is 0.957. The number of carbonyl (C=O) groups is 4. The van der Waals surface area contributed by atoms with E-state index in [0.717, 1.165) is 10.0 Å². The van der Waals surface area contributed by atoms with Crippen LogP contribution in [0.3, 0.4) is 0 Å². The number of halogens is 5. The summed E-state index contributed by atoms with van der Waals surface area (Å²) in [5, 5.41) is 18.9. The van der Waals surface area contributed by atoms with Crippen LogP contribution in [0.15, 0.2) is 56.2 Å². The Morgan fingerprint density at radius 2 is 1.00 bits per heavy atom. The van der Waals surface area contributed by atoms with Gasteiger partial charge in [-0.2, -0.15) is 10.2 Å². The standard InChI is InChI=1S/C20H25BCl2N2O4.C19H18Cl2N4O4.C5H5BrN2O2.CH4/c1-11(2)13-10-16(24-25(7)18(13)26)27-17-14(22)8-12(9-15(17)23)21-28-19(3,4)20(5,6)29-21;1-9(2)11-7-15(22-25(4)19(11)28)29-18-12(20)5-10(6-13(18)21)17-14(26)8-16(27)24(3)23-17;1-8-4(10)2-3(9)5(6)7-8;/h8-11H,1-7H3;5-7,9H,8H2,1-4H3;2H2,1H3;1H4. The van der Waals surface area contributed by atoms with E-state index in [0.29, 0.717) is 32.2 Å². The molecule has 69 heavy (non-hydrogen) atoms. The van der Waals surface area contributed by atoms with Crippen molar-refractivity contribution in [1.29, 1.82) is 0 Å². The molecule has 0 atom stereocenters. The van der Waals surface area contributed by atoms with E-state index >= 15 is 0 Å². The normalized spacial score (nSPS) is 16.4. The molecule has 2 aromatic carbocycles. The Kier molecular flexibility index (Phi) is 18.4. The predicted octanol–water partition coefficient (Wildman–Crippen LogP) is 8.20. The van der Waals surface area contributed by atoms with Gasteiger partial charge in [-0.25, -0.2) is 19.4 Å². The average molecular weight is 1100 g/mol. The monoisotopic (exact) mass is 1090 g/mol. The molecule has 0 spiro atoms. The molecule has 0 radical (unpaired) electrons. The van der Waals surface area contributed by atoms with Crippen LogP contribution in [0.2, 0.25) is 20.1 Å².